The predicted molar refractivity (Wildman–Crippen MR) is 71.7 cm³/mol. The predicted octanol–water partition coefficient (Wildman–Crippen LogP) is 2.57. The van der Waals surface area contributed by atoms with Gasteiger partial charge in [-0.25, -0.2) is 0 Å². The lowest BCUT2D eigenvalue weighted by atomic mass is 10.0. The molecule has 5 nitrogen and oxygen atoms in total. The average molecular weight is 259 g/mol. The number of anilines is 1. The summed E-state index contributed by atoms with van der Waals surface area (Å²) in [7, 11) is 0. The maximum Gasteiger partial charge on any atom is 0.247 e. The second kappa shape index (κ2) is 5.40. The molecule has 2 aromatic rings. The molecule has 3 rings (SSSR count). The summed E-state index contributed by atoms with van der Waals surface area (Å²) in [5, 5.41) is 11.1. The van der Waals surface area contributed by atoms with E-state index in [1.807, 2.05) is 24.3 Å². The van der Waals surface area contributed by atoms with Gasteiger partial charge in [-0.05, 0) is 37.6 Å². The Labute approximate surface area is 112 Å². The van der Waals surface area contributed by atoms with Crippen LogP contribution in [-0.2, 0) is 4.74 Å². The van der Waals surface area contributed by atoms with Crippen LogP contribution in [0.25, 0.3) is 11.5 Å². The number of nitrogens with one attached hydrogen (secondary N) is 1. The molecule has 1 aromatic heterocycles. The Morgan fingerprint density at radius 1 is 1.32 bits per heavy atom. The van der Waals surface area contributed by atoms with Crippen LogP contribution in [0.15, 0.2) is 35.1 Å². The van der Waals surface area contributed by atoms with Gasteiger partial charge in [0.05, 0.1) is 6.61 Å². The number of hydrogen-bond acceptors (Lipinski definition) is 5. The maximum absolute atomic E-state index is 5.42. The molecular formula is C14H17N3O2. The summed E-state index contributed by atoms with van der Waals surface area (Å²) in [6.45, 7) is 3.94. The summed E-state index contributed by atoms with van der Waals surface area (Å²) in [6, 6.07) is 8.44. The fourth-order valence-electron chi connectivity index (χ4n) is 2.34. The number of nitrogens with zero attached hydrogens (tertiary/aromatic N) is 2. The van der Waals surface area contributed by atoms with Gasteiger partial charge in [-0.15, -0.1) is 10.2 Å². The summed E-state index contributed by atoms with van der Waals surface area (Å²) < 4.78 is 10.6. The molecule has 5 heteroatoms. The lowest BCUT2D eigenvalue weighted by molar-refractivity contribution is 0.183. The SMILES string of the molecule is CC(Nc1ccc(-c2nnco2)cc1)C1CCOC1. The molecule has 0 amide bonds. The highest BCUT2D eigenvalue weighted by atomic mass is 16.5. The van der Waals surface area contributed by atoms with Crippen molar-refractivity contribution < 1.29 is 9.15 Å². The Hall–Kier alpha value is -1.88. The van der Waals surface area contributed by atoms with Crippen molar-refractivity contribution >= 4 is 5.69 Å². The third kappa shape index (κ3) is 2.76. The first-order chi connectivity index (χ1) is 9.33. The standard InChI is InChI=1S/C14H17N3O2/c1-10(12-6-7-18-8-12)16-13-4-2-11(3-5-13)14-17-15-9-19-14/h2-5,9-10,12,16H,6-8H2,1H3. The summed E-state index contributed by atoms with van der Waals surface area (Å²) in [6.07, 6.45) is 2.47. The molecule has 0 saturated carbocycles. The Balaban J connectivity index is 1.65. The van der Waals surface area contributed by atoms with Crippen molar-refractivity contribution in [1.29, 1.82) is 0 Å². The summed E-state index contributed by atoms with van der Waals surface area (Å²) in [5.41, 5.74) is 2.03. The van der Waals surface area contributed by atoms with E-state index in [0.29, 0.717) is 17.9 Å². The molecule has 2 unspecified atom stereocenters. The highest BCUT2D eigenvalue weighted by molar-refractivity contribution is 5.58. The monoisotopic (exact) mass is 259 g/mol. The van der Waals surface area contributed by atoms with Crippen LogP contribution >= 0.6 is 0 Å². The molecule has 0 bridgehead atoms. The zero-order chi connectivity index (χ0) is 13.1. The van der Waals surface area contributed by atoms with Gasteiger partial charge in [-0.1, -0.05) is 0 Å². The van der Waals surface area contributed by atoms with Gasteiger partial charge in [0.25, 0.3) is 0 Å². The molecule has 1 aliphatic heterocycles. The first kappa shape index (κ1) is 12.2. The molecule has 19 heavy (non-hydrogen) atoms. The average Bonchev–Trinajstić information content (AvgIpc) is 3.13. The largest absolute Gasteiger partial charge is 0.423 e. The van der Waals surface area contributed by atoms with Crippen LogP contribution < -0.4 is 5.32 Å². The summed E-state index contributed by atoms with van der Waals surface area (Å²) in [5.74, 6) is 1.14. The number of benzene rings is 1. The van der Waals surface area contributed by atoms with E-state index >= 15 is 0 Å². The molecule has 100 valence electrons. The van der Waals surface area contributed by atoms with E-state index < -0.39 is 0 Å². The fourth-order valence-corrected chi connectivity index (χ4v) is 2.34. The summed E-state index contributed by atoms with van der Waals surface area (Å²) in [4.78, 5) is 0. The Kier molecular flexibility index (Phi) is 3.46. The first-order valence-corrected chi connectivity index (χ1v) is 6.54. The topological polar surface area (TPSA) is 60.2 Å². The van der Waals surface area contributed by atoms with Crippen molar-refractivity contribution in [2.75, 3.05) is 18.5 Å². The third-order valence-electron chi connectivity index (χ3n) is 3.56. The van der Waals surface area contributed by atoms with E-state index in [2.05, 4.69) is 22.4 Å². The van der Waals surface area contributed by atoms with Crippen molar-refractivity contribution in [1.82, 2.24) is 10.2 Å². The van der Waals surface area contributed by atoms with Crippen molar-refractivity contribution in [2.24, 2.45) is 5.92 Å². The number of hydrogen-bond donors (Lipinski definition) is 1. The van der Waals surface area contributed by atoms with Crippen LogP contribution in [0.5, 0.6) is 0 Å². The van der Waals surface area contributed by atoms with Crippen LogP contribution in [0.2, 0.25) is 0 Å². The Morgan fingerprint density at radius 2 is 2.16 bits per heavy atom. The van der Waals surface area contributed by atoms with E-state index in [9.17, 15) is 0 Å². The zero-order valence-corrected chi connectivity index (χ0v) is 10.9. The van der Waals surface area contributed by atoms with E-state index in [1.165, 1.54) is 6.39 Å². The van der Waals surface area contributed by atoms with Gasteiger partial charge in [0, 0.05) is 29.8 Å². The van der Waals surface area contributed by atoms with Crippen LogP contribution in [0.1, 0.15) is 13.3 Å². The molecule has 1 fully saturated rings. The fraction of sp³-hybridized carbons (Fsp3) is 0.429. The number of aromatic nitrogens is 2. The number of rotatable bonds is 4. The van der Waals surface area contributed by atoms with Crippen LogP contribution in [-0.4, -0.2) is 29.5 Å². The van der Waals surface area contributed by atoms with Gasteiger partial charge in [0.15, 0.2) is 0 Å². The lowest BCUT2D eigenvalue weighted by Gasteiger charge is -2.20. The quantitative estimate of drug-likeness (QED) is 0.914. The minimum atomic E-state index is 0.414. The van der Waals surface area contributed by atoms with Gasteiger partial charge in [0.2, 0.25) is 12.3 Å². The summed E-state index contributed by atoms with van der Waals surface area (Å²) >= 11 is 0. The van der Waals surface area contributed by atoms with Crippen molar-refractivity contribution in [3.63, 3.8) is 0 Å². The van der Waals surface area contributed by atoms with E-state index in [4.69, 9.17) is 9.15 Å². The van der Waals surface area contributed by atoms with Crippen LogP contribution in [0, 0.1) is 5.92 Å². The Bertz CT molecular complexity index is 504. The van der Waals surface area contributed by atoms with Crippen LogP contribution in [0.3, 0.4) is 0 Å². The van der Waals surface area contributed by atoms with Gasteiger partial charge >= 0.3 is 0 Å². The molecule has 1 aliphatic rings. The molecular weight excluding hydrogens is 242 g/mol. The molecule has 0 radical (unpaired) electrons. The van der Waals surface area contributed by atoms with Crippen molar-refractivity contribution in [3.05, 3.63) is 30.7 Å². The van der Waals surface area contributed by atoms with Crippen molar-refractivity contribution in [3.8, 4) is 11.5 Å². The lowest BCUT2D eigenvalue weighted by Crippen LogP contribution is -2.25. The van der Waals surface area contributed by atoms with E-state index in [1.54, 1.807) is 0 Å². The molecule has 1 aromatic carbocycles. The molecule has 1 N–H and O–H groups in total. The first-order valence-electron chi connectivity index (χ1n) is 6.54. The molecule has 2 heterocycles. The smallest absolute Gasteiger partial charge is 0.247 e. The zero-order valence-electron chi connectivity index (χ0n) is 10.9. The van der Waals surface area contributed by atoms with Gasteiger partial charge in [-0.3, -0.25) is 0 Å². The highest BCUT2D eigenvalue weighted by Crippen LogP contribution is 2.22. The van der Waals surface area contributed by atoms with Gasteiger partial charge < -0.3 is 14.5 Å². The van der Waals surface area contributed by atoms with Crippen LogP contribution in [0.4, 0.5) is 5.69 Å². The number of ether oxygens (including phenoxy) is 1. The normalized spacial score (nSPS) is 20.4. The minimum Gasteiger partial charge on any atom is -0.423 e. The minimum absolute atomic E-state index is 0.414. The highest BCUT2D eigenvalue weighted by Gasteiger charge is 2.21. The molecule has 0 spiro atoms. The van der Waals surface area contributed by atoms with Gasteiger partial charge in [-0.2, -0.15) is 0 Å². The maximum atomic E-state index is 5.42. The second-order valence-corrected chi connectivity index (χ2v) is 4.88. The second-order valence-electron chi connectivity index (χ2n) is 4.88. The van der Waals surface area contributed by atoms with Crippen molar-refractivity contribution in [2.45, 2.75) is 19.4 Å². The van der Waals surface area contributed by atoms with Gasteiger partial charge in [0.1, 0.15) is 0 Å². The van der Waals surface area contributed by atoms with E-state index in [0.717, 1.165) is 30.9 Å². The molecule has 1 saturated heterocycles. The third-order valence-corrected chi connectivity index (χ3v) is 3.56. The van der Waals surface area contributed by atoms with E-state index in [-0.39, 0.29) is 0 Å². The Morgan fingerprint density at radius 3 is 2.79 bits per heavy atom. The molecule has 0 aliphatic carbocycles. The molecule has 2 atom stereocenters.